The van der Waals surface area contributed by atoms with Crippen LogP contribution >= 0.6 is 0 Å². The molecule has 7 heteroatoms. The van der Waals surface area contributed by atoms with Gasteiger partial charge in [-0.2, -0.15) is 0 Å². The average molecular weight is 450 g/mol. The Labute approximate surface area is 196 Å². The SMILES string of the molecule is CC1(C)CC(N2C[C@H]3CC(Nc4ccc(-c5ccc(CC(N)=O)cc5)nn4)C[C@H]3C2)CCO1. The Balaban J connectivity index is 1.13. The number of nitrogens with one attached hydrogen (secondary N) is 1. The summed E-state index contributed by atoms with van der Waals surface area (Å²) in [5.41, 5.74) is 7.99. The third-order valence-corrected chi connectivity index (χ3v) is 7.61. The summed E-state index contributed by atoms with van der Waals surface area (Å²) in [5.74, 6) is 2.07. The minimum absolute atomic E-state index is 0.0150. The van der Waals surface area contributed by atoms with Crippen LogP contribution in [0.5, 0.6) is 0 Å². The van der Waals surface area contributed by atoms with Gasteiger partial charge in [0.05, 0.1) is 17.7 Å². The van der Waals surface area contributed by atoms with Crippen LogP contribution in [0.3, 0.4) is 0 Å². The summed E-state index contributed by atoms with van der Waals surface area (Å²) < 4.78 is 5.92. The summed E-state index contributed by atoms with van der Waals surface area (Å²) in [6.07, 6.45) is 4.98. The lowest BCUT2D eigenvalue weighted by Gasteiger charge is -2.40. The molecule has 0 radical (unpaired) electrons. The molecule has 2 aromatic rings. The van der Waals surface area contributed by atoms with E-state index in [1.165, 1.54) is 32.4 Å². The number of fused-ring (bicyclic) bond motifs is 1. The molecule has 1 aromatic heterocycles. The first kappa shape index (κ1) is 22.3. The van der Waals surface area contributed by atoms with Crippen molar-refractivity contribution in [2.75, 3.05) is 25.0 Å². The highest BCUT2D eigenvalue weighted by Crippen LogP contribution is 2.41. The number of nitrogens with zero attached hydrogens (tertiary/aromatic N) is 3. The summed E-state index contributed by atoms with van der Waals surface area (Å²) >= 11 is 0. The first-order valence-corrected chi connectivity index (χ1v) is 12.2. The minimum atomic E-state index is -0.325. The fraction of sp³-hybridized carbons (Fsp3) is 0.577. The topological polar surface area (TPSA) is 93.4 Å². The van der Waals surface area contributed by atoms with E-state index in [0.29, 0.717) is 12.1 Å². The molecule has 1 saturated carbocycles. The third kappa shape index (κ3) is 5.20. The van der Waals surface area contributed by atoms with Crippen molar-refractivity contribution in [1.29, 1.82) is 0 Å². The lowest BCUT2D eigenvalue weighted by molar-refractivity contribution is -0.117. The zero-order valence-electron chi connectivity index (χ0n) is 19.7. The van der Waals surface area contributed by atoms with Crippen LogP contribution in [0.25, 0.3) is 11.3 Å². The van der Waals surface area contributed by atoms with Crippen molar-refractivity contribution in [3.63, 3.8) is 0 Å². The van der Waals surface area contributed by atoms with Gasteiger partial charge < -0.3 is 15.8 Å². The fourth-order valence-electron chi connectivity index (χ4n) is 6.03. The van der Waals surface area contributed by atoms with Gasteiger partial charge in [-0.25, -0.2) is 0 Å². The molecule has 5 rings (SSSR count). The molecule has 2 aliphatic heterocycles. The quantitative estimate of drug-likeness (QED) is 0.703. The van der Waals surface area contributed by atoms with Gasteiger partial charge in [-0.05, 0) is 69.1 Å². The van der Waals surface area contributed by atoms with Crippen LogP contribution in [0.2, 0.25) is 0 Å². The zero-order chi connectivity index (χ0) is 23.0. The number of rotatable bonds is 6. The maximum atomic E-state index is 11.1. The van der Waals surface area contributed by atoms with Gasteiger partial charge in [0.15, 0.2) is 0 Å². The Morgan fingerprint density at radius 2 is 1.85 bits per heavy atom. The molecule has 3 aliphatic rings. The number of anilines is 1. The van der Waals surface area contributed by atoms with E-state index < -0.39 is 0 Å². The van der Waals surface area contributed by atoms with Gasteiger partial charge in [-0.3, -0.25) is 9.69 Å². The number of primary amides is 1. The summed E-state index contributed by atoms with van der Waals surface area (Å²) in [6.45, 7) is 7.78. The van der Waals surface area contributed by atoms with Gasteiger partial charge in [-0.1, -0.05) is 24.3 Å². The molecule has 0 spiro atoms. The maximum Gasteiger partial charge on any atom is 0.221 e. The van der Waals surface area contributed by atoms with E-state index in [4.69, 9.17) is 10.5 Å². The molecule has 3 fully saturated rings. The van der Waals surface area contributed by atoms with Gasteiger partial charge in [0, 0.05) is 37.3 Å². The number of hydrogen-bond acceptors (Lipinski definition) is 6. The molecule has 0 bridgehead atoms. The van der Waals surface area contributed by atoms with Gasteiger partial charge in [-0.15, -0.1) is 10.2 Å². The molecule has 2 unspecified atom stereocenters. The van der Waals surface area contributed by atoms with E-state index in [9.17, 15) is 4.79 Å². The van der Waals surface area contributed by atoms with E-state index in [2.05, 4.69) is 34.3 Å². The van der Waals surface area contributed by atoms with E-state index >= 15 is 0 Å². The van der Waals surface area contributed by atoms with Crippen molar-refractivity contribution in [2.24, 2.45) is 17.6 Å². The molecular formula is C26H35N5O2. The van der Waals surface area contributed by atoms with Gasteiger partial charge in [0.1, 0.15) is 5.82 Å². The highest BCUT2D eigenvalue weighted by molar-refractivity contribution is 5.76. The van der Waals surface area contributed by atoms with E-state index in [-0.39, 0.29) is 17.9 Å². The molecule has 33 heavy (non-hydrogen) atoms. The number of hydrogen-bond donors (Lipinski definition) is 2. The second-order valence-corrected chi connectivity index (χ2v) is 10.7. The van der Waals surface area contributed by atoms with Crippen LogP contribution in [0, 0.1) is 11.8 Å². The number of benzene rings is 1. The Hall–Kier alpha value is -2.51. The van der Waals surface area contributed by atoms with Gasteiger partial charge in [0.2, 0.25) is 5.91 Å². The average Bonchev–Trinajstić information content (AvgIpc) is 3.33. The normalized spacial score (nSPS) is 29.0. The molecular weight excluding hydrogens is 414 g/mol. The molecule has 176 valence electrons. The molecule has 1 aliphatic carbocycles. The predicted octanol–water partition coefficient (Wildman–Crippen LogP) is 3.25. The van der Waals surface area contributed by atoms with E-state index in [1.807, 2.05) is 36.4 Å². The fourth-order valence-corrected chi connectivity index (χ4v) is 6.03. The molecule has 1 aromatic carbocycles. The summed E-state index contributed by atoms with van der Waals surface area (Å²) in [4.78, 5) is 13.8. The Morgan fingerprint density at radius 3 is 2.45 bits per heavy atom. The Kier molecular flexibility index (Phi) is 6.10. The molecule has 3 N–H and O–H groups in total. The van der Waals surface area contributed by atoms with Gasteiger partial charge >= 0.3 is 0 Å². The van der Waals surface area contributed by atoms with Crippen LogP contribution in [0.4, 0.5) is 5.82 Å². The van der Waals surface area contributed by atoms with Crippen molar-refractivity contribution in [3.05, 3.63) is 42.0 Å². The van der Waals surface area contributed by atoms with Crippen molar-refractivity contribution >= 4 is 11.7 Å². The second-order valence-electron chi connectivity index (χ2n) is 10.7. The number of carbonyl (C=O) groups excluding carboxylic acids is 1. The highest BCUT2D eigenvalue weighted by Gasteiger charge is 2.44. The van der Waals surface area contributed by atoms with E-state index in [0.717, 1.165) is 47.5 Å². The number of nitrogens with two attached hydrogens (primary N) is 1. The van der Waals surface area contributed by atoms with Crippen LogP contribution in [0.15, 0.2) is 36.4 Å². The Bertz CT molecular complexity index is 961. The van der Waals surface area contributed by atoms with Gasteiger partial charge in [0.25, 0.3) is 0 Å². The summed E-state index contributed by atoms with van der Waals surface area (Å²) in [7, 11) is 0. The first-order chi connectivity index (χ1) is 15.8. The molecule has 7 nitrogen and oxygen atoms in total. The zero-order valence-corrected chi connectivity index (χ0v) is 19.7. The number of carbonyl (C=O) groups is 1. The smallest absolute Gasteiger partial charge is 0.221 e. The largest absolute Gasteiger partial charge is 0.375 e. The molecule has 4 atom stereocenters. The number of aromatic nitrogens is 2. The second kappa shape index (κ2) is 9.03. The summed E-state index contributed by atoms with van der Waals surface area (Å²) in [6, 6.07) is 12.9. The predicted molar refractivity (Wildman–Crippen MR) is 129 cm³/mol. The van der Waals surface area contributed by atoms with Crippen LogP contribution in [0.1, 0.15) is 45.1 Å². The first-order valence-electron chi connectivity index (χ1n) is 12.2. The van der Waals surface area contributed by atoms with Crippen molar-refractivity contribution in [2.45, 2.75) is 63.6 Å². The molecule has 2 saturated heterocycles. The highest BCUT2D eigenvalue weighted by atomic mass is 16.5. The van der Waals surface area contributed by atoms with Crippen LogP contribution in [-0.4, -0.2) is 58.4 Å². The number of amides is 1. The lowest BCUT2D eigenvalue weighted by Crippen LogP contribution is -2.45. The minimum Gasteiger partial charge on any atom is -0.375 e. The number of ether oxygens (including phenoxy) is 1. The van der Waals surface area contributed by atoms with Crippen molar-refractivity contribution in [1.82, 2.24) is 15.1 Å². The summed E-state index contributed by atoms with van der Waals surface area (Å²) in [5, 5.41) is 12.5. The van der Waals surface area contributed by atoms with Crippen LogP contribution in [-0.2, 0) is 16.0 Å². The Morgan fingerprint density at radius 1 is 1.12 bits per heavy atom. The van der Waals surface area contributed by atoms with Crippen molar-refractivity contribution in [3.8, 4) is 11.3 Å². The monoisotopic (exact) mass is 449 g/mol. The van der Waals surface area contributed by atoms with E-state index in [1.54, 1.807) is 0 Å². The number of likely N-dealkylation sites (tertiary alicyclic amines) is 1. The molecule has 3 heterocycles. The third-order valence-electron chi connectivity index (χ3n) is 7.61. The van der Waals surface area contributed by atoms with Crippen LogP contribution < -0.4 is 11.1 Å². The lowest BCUT2D eigenvalue weighted by atomic mass is 9.93. The maximum absolute atomic E-state index is 11.1. The molecule has 1 amide bonds. The van der Waals surface area contributed by atoms with Crippen molar-refractivity contribution < 1.29 is 9.53 Å². The standard InChI is InChI=1S/C26H35N5O2/c1-26(2)14-22(9-10-33-26)31-15-19-12-21(13-20(19)16-31)28-25-8-7-23(29-30-25)18-5-3-17(4-6-18)11-24(27)32/h3-8,19-22H,9-16H2,1-2H3,(H2,27,32)(H,28,30)/t19-,20+,21?,22?.